The highest BCUT2D eigenvalue weighted by Crippen LogP contribution is 2.37. The van der Waals surface area contributed by atoms with Crippen molar-refractivity contribution in [2.24, 2.45) is 5.73 Å². The third-order valence-corrected chi connectivity index (χ3v) is 6.44. The van der Waals surface area contributed by atoms with Gasteiger partial charge in [0.2, 0.25) is 5.95 Å². The fourth-order valence-electron chi connectivity index (χ4n) is 3.97. The van der Waals surface area contributed by atoms with Gasteiger partial charge in [0, 0.05) is 56.1 Å². The van der Waals surface area contributed by atoms with Crippen molar-refractivity contribution >= 4 is 18.5 Å². The van der Waals surface area contributed by atoms with Gasteiger partial charge in [0.25, 0.3) is 0 Å². The lowest BCUT2D eigenvalue weighted by molar-refractivity contribution is 0.00578. The number of nitrogens with zero attached hydrogens (tertiary/aromatic N) is 4. The van der Waals surface area contributed by atoms with E-state index < -0.39 is 7.12 Å². The molecule has 0 spiro atoms. The first-order valence-corrected chi connectivity index (χ1v) is 10.2. The summed E-state index contributed by atoms with van der Waals surface area (Å²) in [6.45, 7) is 12.1. The Labute approximate surface area is 162 Å². The Hall–Kier alpha value is -1.22. The third kappa shape index (κ3) is 3.72. The van der Waals surface area contributed by atoms with Gasteiger partial charge in [-0.3, -0.25) is 4.90 Å². The summed E-state index contributed by atoms with van der Waals surface area (Å²) in [7, 11) is -0.412. The molecule has 0 unspecified atom stereocenters. The second kappa shape index (κ2) is 6.99. The quantitative estimate of drug-likeness (QED) is 0.739. The maximum atomic E-state index is 6.12. The van der Waals surface area contributed by atoms with Gasteiger partial charge >= 0.3 is 7.12 Å². The number of rotatable bonds is 6. The summed E-state index contributed by atoms with van der Waals surface area (Å²) in [5, 5.41) is 0. The van der Waals surface area contributed by atoms with E-state index in [9.17, 15) is 0 Å². The summed E-state index contributed by atoms with van der Waals surface area (Å²) in [5.74, 6) is 0.831. The lowest BCUT2D eigenvalue weighted by Gasteiger charge is -2.32. The van der Waals surface area contributed by atoms with E-state index in [0.717, 1.165) is 44.0 Å². The second-order valence-electron chi connectivity index (χ2n) is 9.07. The van der Waals surface area contributed by atoms with Crippen LogP contribution in [0.4, 0.5) is 5.95 Å². The van der Waals surface area contributed by atoms with E-state index in [1.165, 1.54) is 12.8 Å². The molecule has 2 aliphatic heterocycles. The van der Waals surface area contributed by atoms with Gasteiger partial charge in [0.15, 0.2) is 0 Å². The molecule has 3 aliphatic rings. The highest BCUT2D eigenvalue weighted by atomic mass is 16.7. The van der Waals surface area contributed by atoms with Crippen LogP contribution in [0.15, 0.2) is 12.4 Å². The van der Waals surface area contributed by atoms with Crippen LogP contribution in [-0.2, 0) is 9.31 Å². The number of aromatic nitrogens is 2. The molecule has 0 radical (unpaired) electrons. The molecule has 8 heteroatoms. The van der Waals surface area contributed by atoms with Crippen molar-refractivity contribution in [2.45, 2.75) is 70.2 Å². The van der Waals surface area contributed by atoms with Crippen molar-refractivity contribution < 1.29 is 9.31 Å². The van der Waals surface area contributed by atoms with Gasteiger partial charge in [-0.15, -0.1) is 0 Å². The summed E-state index contributed by atoms with van der Waals surface area (Å²) >= 11 is 0. The smallest absolute Gasteiger partial charge is 0.399 e. The van der Waals surface area contributed by atoms with E-state index in [1.807, 2.05) is 12.4 Å². The zero-order valence-electron chi connectivity index (χ0n) is 17.0. The average Bonchev–Trinajstić information content (AvgIpc) is 3.28. The van der Waals surface area contributed by atoms with Crippen molar-refractivity contribution in [1.82, 2.24) is 14.9 Å². The van der Waals surface area contributed by atoms with Crippen LogP contribution in [0.3, 0.4) is 0 Å². The Kier molecular flexibility index (Phi) is 4.95. The van der Waals surface area contributed by atoms with Crippen LogP contribution < -0.4 is 16.1 Å². The Morgan fingerprint density at radius 3 is 2.30 bits per heavy atom. The molecule has 3 fully saturated rings. The minimum absolute atomic E-state index is 0.354. The molecular weight excluding hydrogens is 341 g/mol. The molecule has 2 saturated heterocycles. The topological polar surface area (TPSA) is 76.7 Å². The Morgan fingerprint density at radius 2 is 1.74 bits per heavy atom. The fourth-order valence-corrected chi connectivity index (χ4v) is 3.97. The van der Waals surface area contributed by atoms with Gasteiger partial charge in [0.1, 0.15) is 0 Å². The van der Waals surface area contributed by atoms with Crippen molar-refractivity contribution in [3.63, 3.8) is 0 Å². The summed E-state index contributed by atoms with van der Waals surface area (Å²) < 4.78 is 12.2. The highest BCUT2D eigenvalue weighted by Gasteiger charge is 2.52. The first kappa shape index (κ1) is 19.1. The highest BCUT2D eigenvalue weighted by molar-refractivity contribution is 6.61. The number of likely N-dealkylation sites (tertiary alicyclic amines) is 1. The van der Waals surface area contributed by atoms with Gasteiger partial charge in [-0.05, 0) is 47.0 Å². The zero-order chi connectivity index (χ0) is 19.2. The van der Waals surface area contributed by atoms with Crippen molar-refractivity contribution in [3.8, 4) is 0 Å². The second-order valence-corrected chi connectivity index (χ2v) is 9.07. The minimum Gasteiger partial charge on any atom is -0.399 e. The van der Waals surface area contributed by atoms with Crippen LogP contribution in [0.2, 0.25) is 0 Å². The molecule has 7 nitrogen and oxygen atoms in total. The van der Waals surface area contributed by atoms with Crippen LogP contribution in [-0.4, -0.2) is 71.5 Å². The fraction of sp³-hybridized carbons (Fsp3) is 0.789. The van der Waals surface area contributed by atoms with E-state index in [-0.39, 0.29) is 11.2 Å². The van der Waals surface area contributed by atoms with Gasteiger partial charge in [-0.1, -0.05) is 0 Å². The molecule has 1 saturated carbocycles. The number of hydrogen-bond donors (Lipinski definition) is 1. The molecule has 0 aromatic carbocycles. The van der Waals surface area contributed by atoms with Crippen LogP contribution >= 0.6 is 0 Å². The van der Waals surface area contributed by atoms with Crippen LogP contribution in [0, 0.1) is 0 Å². The molecule has 0 bridgehead atoms. The lowest BCUT2D eigenvalue weighted by Crippen LogP contribution is -2.42. The van der Waals surface area contributed by atoms with Crippen molar-refractivity contribution in [1.29, 1.82) is 0 Å². The summed E-state index contributed by atoms with van der Waals surface area (Å²) in [6.07, 6.45) is 7.35. The molecule has 4 rings (SSSR count). The molecule has 1 aliphatic carbocycles. The molecule has 2 N–H and O–H groups in total. The van der Waals surface area contributed by atoms with Gasteiger partial charge in [0.05, 0.1) is 11.2 Å². The van der Waals surface area contributed by atoms with E-state index >= 15 is 0 Å². The molecule has 0 amide bonds. The molecule has 1 aromatic heterocycles. The molecule has 27 heavy (non-hydrogen) atoms. The summed E-state index contributed by atoms with van der Waals surface area (Å²) in [5.41, 5.74) is 5.89. The molecule has 1 atom stereocenters. The van der Waals surface area contributed by atoms with E-state index in [0.29, 0.717) is 12.1 Å². The van der Waals surface area contributed by atoms with Crippen LogP contribution in [0.25, 0.3) is 0 Å². The normalized spacial score (nSPS) is 27.3. The van der Waals surface area contributed by atoms with Gasteiger partial charge in [-0.25, -0.2) is 9.97 Å². The Morgan fingerprint density at radius 1 is 1.11 bits per heavy atom. The predicted octanol–water partition coefficient (Wildman–Crippen LogP) is 0.778. The molecular formula is C19H32BN5O2. The molecule has 3 heterocycles. The van der Waals surface area contributed by atoms with Crippen molar-refractivity contribution in [2.75, 3.05) is 31.1 Å². The maximum absolute atomic E-state index is 6.12. The van der Waals surface area contributed by atoms with E-state index in [4.69, 9.17) is 25.0 Å². The monoisotopic (exact) mass is 373 g/mol. The minimum atomic E-state index is -0.412. The lowest BCUT2D eigenvalue weighted by atomic mass is 9.81. The third-order valence-electron chi connectivity index (χ3n) is 6.44. The van der Waals surface area contributed by atoms with E-state index in [1.54, 1.807) is 0 Å². The Bertz CT molecular complexity index is 649. The zero-order valence-corrected chi connectivity index (χ0v) is 17.0. The Balaban J connectivity index is 1.48. The summed E-state index contributed by atoms with van der Waals surface area (Å²) in [4.78, 5) is 14.3. The number of nitrogens with two attached hydrogens (primary N) is 1. The first-order valence-electron chi connectivity index (χ1n) is 10.2. The largest absolute Gasteiger partial charge is 0.498 e. The standard InChI is InChI=1S/C19H32BN5O2/c1-18(2)19(3,4)27-20(26-18)14-11-22-17(23-12-14)25(15-5-6-15)16-7-9-24(13-16)10-8-21/h11-12,15-16H,5-10,13,21H2,1-4H3/t16-/m0/s1. The molecule has 1 aromatic rings. The average molecular weight is 373 g/mol. The number of anilines is 1. The van der Waals surface area contributed by atoms with Crippen LogP contribution in [0.1, 0.15) is 47.0 Å². The van der Waals surface area contributed by atoms with E-state index in [2.05, 4.69) is 37.5 Å². The maximum Gasteiger partial charge on any atom is 0.498 e. The SMILES string of the molecule is CC1(C)OB(c2cnc(N(C3CC3)[C@H]3CCN(CCN)C3)nc2)OC1(C)C. The first-order chi connectivity index (χ1) is 12.8. The van der Waals surface area contributed by atoms with Gasteiger partial charge in [-0.2, -0.15) is 0 Å². The predicted molar refractivity (Wildman–Crippen MR) is 107 cm³/mol. The van der Waals surface area contributed by atoms with Crippen molar-refractivity contribution in [3.05, 3.63) is 12.4 Å². The molecule has 148 valence electrons. The summed E-state index contributed by atoms with van der Waals surface area (Å²) in [6, 6.07) is 1.06. The van der Waals surface area contributed by atoms with Gasteiger partial charge < -0.3 is 19.9 Å². The van der Waals surface area contributed by atoms with Crippen LogP contribution in [0.5, 0.6) is 0 Å². The number of hydrogen-bond acceptors (Lipinski definition) is 7.